The predicted molar refractivity (Wildman–Crippen MR) is 49.0 cm³/mol. The van der Waals surface area contributed by atoms with Gasteiger partial charge in [0.2, 0.25) is 5.91 Å². The predicted octanol–water partition coefficient (Wildman–Crippen LogP) is 1.83. The summed E-state index contributed by atoms with van der Waals surface area (Å²) in [6.07, 6.45) is 6.04. The lowest BCUT2D eigenvalue weighted by Crippen LogP contribution is -2.18. The SMILES string of the molecule is CCCC(=O)NN=C1CCCC1. The van der Waals surface area contributed by atoms with E-state index in [1.54, 1.807) is 0 Å². The molecular formula is C9H16N2O. The van der Waals surface area contributed by atoms with Gasteiger partial charge in [-0.25, -0.2) is 5.43 Å². The molecule has 0 saturated heterocycles. The van der Waals surface area contributed by atoms with Gasteiger partial charge in [0.25, 0.3) is 0 Å². The highest BCUT2D eigenvalue weighted by Gasteiger charge is 2.08. The molecule has 0 heterocycles. The normalized spacial score (nSPS) is 16.2. The highest BCUT2D eigenvalue weighted by molar-refractivity contribution is 5.87. The number of carbonyl (C=O) groups excluding carboxylic acids is 1. The molecule has 1 saturated carbocycles. The molecule has 0 atom stereocenters. The molecule has 0 aliphatic heterocycles. The van der Waals surface area contributed by atoms with Crippen molar-refractivity contribution in [2.75, 3.05) is 0 Å². The number of carbonyl (C=O) groups is 1. The van der Waals surface area contributed by atoms with Crippen LogP contribution in [0.25, 0.3) is 0 Å². The van der Waals surface area contributed by atoms with E-state index in [1.807, 2.05) is 6.92 Å². The van der Waals surface area contributed by atoms with Crippen molar-refractivity contribution in [1.29, 1.82) is 0 Å². The Balaban J connectivity index is 2.22. The van der Waals surface area contributed by atoms with E-state index in [2.05, 4.69) is 10.5 Å². The Morgan fingerprint density at radius 3 is 2.75 bits per heavy atom. The maximum Gasteiger partial charge on any atom is 0.240 e. The molecule has 0 radical (unpaired) electrons. The standard InChI is InChI=1S/C9H16N2O/c1-2-5-9(12)11-10-8-6-3-4-7-8/h2-7H2,1H3,(H,11,12). The van der Waals surface area contributed by atoms with Crippen molar-refractivity contribution in [1.82, 2.24) is 5.43 Å². The molecule has 0 aromatic heterocycles. The van der Waals surface area contributed by atoms with Crippen LogP contribution in [0.2, 0.25) is 0 Å². The minimum atomic E-state index is 0.0388. The molecule has 0 aromatic carbocycles. The van der Waals surface area contributed by atoms with Gasteiger partial charge < -0.3 is 0 Å². The second-order valence-electron chi connectivity index (χ2n) is 3.17. The molecule has 1 rings (SSSR count). The van der Waals surface area contributed by atoms with E-state index in [1.165, 1.54) is 12.8 Å². The highest BCUT2D eigenvalue weighted by Crippen LogP contribution is 2.13. The average molecular weight is 168 g/mol. The lowest BCUT2D eigenvalue weighted by atomic mass is 10.3. The van der Waals surface area contributed by atoms with Crippen LogP contribution in [0, 0.1) is 0 Å². The molecule has 1 fully saturated rings. The largest absolute Gasteiger partial charge is 0.273 e. The fraction of sp³-hybridized carbons (Fsp3) is 0.778. The number of hydrogen-bond donors (Lipinski definition) is 1. The van der Waals surface area contributed by atoms with E-state index >= 15 is 0 Å². The molecule has 0 unspecified atom stereocenters. The van der Waals surface area contributed by atoms with Gasteiger partial charge in [-0.3, -0.25) is 4.79 Å². The Labute approximate surface area is 73.2 Å². The van der Waals surface area contributed by atoms with Gasteiger partial charge >= 0.3 is 0 Å². The Bertz CT molecular complexity index is 179. The number of amides is 1. The summed E-state index contributed by atoms with van der Waals surface area (Å²) in [7, 11) is 0. The Kier molecular flexibility index (Phi) is 3.77. The van der Waals surface area contributed by atoms with Crippen molar-refractivity contribution >= 4 is 11.6 Å². The molecule has 0 aromatic rings. The van der Waals surface area contributed by atoms with Gasteiger partial charge in [0.15, 0.2) is 0 Å². The molecule has 12 heavy (non-hydrogen) atoms. The van der Waals surface area contributed by atoms with Crippen LogP contribution in [0.5, 0.6) is 0 Å². The Morgan fingerprint density at radius 1 is 1.50 bits per heavy atom. The molecule has 0 bridgehead atoms. The molecule has 1 N–H and O–H groups in total. The van der Waals surface area contributed by atoms with Gasteiger partial charge in [-0.2, -0.15) is 5.10 Å². The fourth-order valence-corrected chi connectivity index (χ4v) is 1.32. The summed E-state index contributed by atoms with van der Waals surface area (Å²) >= 11 is 0. The monoisotopic (exact) mass is 168 g/mol. The number of rotatable bonds is 3. The first-order valence-electron chi connectivity index (χ1n) is 4.67. The van der Waals surface area contributed by atoms with Gasteiger partial charge in [0.1, 0.15) is 0 Å². The summed E-state index contributed by atoms with van der Waals surface area (Å²) < 4.78 is 0. The third-order valence-electron chi connectivity index (χ3n) is 2.00. The summed E-state index contributed by atoms with van der Waals surface area (Å²) in [6, 6.07) is 0. The van der Waals surface area contributed by atoms with Gasteiger partial charge in [0, 0.05) is 12.1 Å². The maximum atomic E-state index is 11.0. The first-order chi connectivity index (χ1) is 5.83. The number of hydrogen-bond acceptors (Lipinski definition) is 2. The van der Waals surface area contributed by atoms with Crippen LogP contribution in [0.15, 0.2) is 5.10 Å². The van der Waals surface area contributed by atoms with Crippen LogP contribution in [0.1, 0.15) is 45.4 Å². The number of nitrogens with zero attached hydrogens (tertiary/aromatic N) is 1. The molecule has 1 amide bonds. The highest BCUT2D eigenvalue weighted by atomic mass is 16.2. The van der Waals surface area contributed by atoms with Crippen LogP contribution >= 0.6 is 0 Å². The van der Waals surface area contributed by atoms with Crippen LogP contribution in [0.4, 0.5) is 0 Å². The Hall–Kier alpha value is -0.860. The number of nitrogens with one attached hydrogen (secondary N) is 1. The van der Waals surface area contributed by atoms with Crippen molar-refractivity contribution in [3.63, 3.8) is 0 Å². The minimum Gasteiger partial charge on any atom is -0.273 e. The minimum absolute atomic E-state index is 0.0388. The second-order valence-corrected chi connectivity index (χ2v) is 3.17. The zero-order chi connectivity index (χ0) is 8.81. The van der Waals surface area contributed by atoms with Crippen molar-refractivity contribution in [3.05, 3.63) is 0 Å². The molecule has 3 nitrogen and oxygen atoms in total. The molecule has 1 aliphatic rings. The summed E-state index contributed by atoms with van der Waals surface area (Å²) in [6.45, 7) is 1.99. The summed E-state index contributed by atoms with van der Waals surface area (Å²) in [5.74, 6) is 0.0388. The third kappa shape index (κ3) is 3.03. The van der Waals surface area contributed by atoms with Crippen molar-refractivity contribution in [3.8, 4) is 0 Å². The lowest BCUT2D eigenvalue weighted by Gasteiger charge is -1.98. The quantitative estimate of drug-likeness (QED) is 0.642. The van der Waals surface area contributed by atoms with Gasteiger partial charge in [-0.15, -0.1) is 0 Å². The molecule has 1 aliphatic carbocycles. The fourth-order valence-electron chi connectivity index (χ4n) is 1.32. The van der Waals surface area contributed by atoms with Crippen molar-refractivity contribution < 1.29 is 4.79 Å². The maximum absolute atomic E-state index is 11.0. The van der Waals surface area contributed by atoms with E-state index in [9.17, 15) is 4.79 Å². The third-order valence-corrected chi connectivity index (χ3v) is 2.00. The van der Waals surface area contributed by atoms with Crippen LogP contribution in [0.3, 0.4) is 0 Å². The van der Waals surface area contributed by atoms with Gasteiger partial charge in [-0.05, 0) is 32.1 Å². The van der Waals surface area contributed by atoms with Crippen molar-refractivity contribution in [2.45, 2.75) is 45.4 Å². The summed E-state index contributed by atoms with van der Waals surface area (Å²) in [4.78, 5) is 11.0. The van der Waals surface area contributed by atoms with Gasteiger partial charge in [-0.1, -0.05) is 6.92 Å². The zero-order valence-electron chi connectivity index (χ0n) is 7.60. The lowest BCUT2D eigenvalue weighted by molar-refractivity contribution is -0.121. The average Bonchev–Trinajstić information content (AvgIpc) is 2.53. The molecular weight excluding hydrogens is 152 g/mol. The van der Waals surface area contributed by atoms with E-state index in [0.717, 1.165) is 25.0 Å². The van der Waals surface area contributed by atoms with Crippen LogP contribution in [-0.2, 0) is 4.79 Å². The van der Waals surface area contributed by atoms with Crippen LogP contribution < -0.4 is 5.43 Å². The van der Waals surface area contributed by atoms with Gasteiger partial charge in [0.05, 0.1) is 0 Å². The topological polar surface area (TPSA) is 41.5 Å². The smallest absolute Gasteiger partial charge is 0.240 e. The first kappa shape index (κ1) is 9.23. The summed E-state index contributed by atoms with van der Waals surface area (Å²) in [5.41, 5.74) is 3.73. The molecule has 0 spiro atoms. The number of hydrazone groups is 1. The summed E-state index contributed by atoms with van der Waals surface area (Å²) in [5, 5.41) is 4.06. The first-order valence-corrected chi connectivity index (χ1v) is 4.67. The van der Waals surface area contributed by atoms with E-state index < -0.39 is 0 Å². The van der Waals surface area contributed by atoms with E-state index in [4.69, 9.17) is 0 Å². The van der Waals surface area contributed by atoms with E-state index in [0.29, 0.717) is 6.42 Å². The van der Waals surface area contributed by atoms with E-state index in [-0.39, 0.29) is 5.91 Å². The Morgan fingerprint density at radius 2 is 2.17 bits per heavy atom. The molecule has 3 heteroatoms. The molecule has 68 valence electrons. The zero-order valence-corrected chi connectivity index (χ0v) is 7.60. The second kappa shape index (κ2) is 4.91. The van der Waals surface area contributed by atoms with Crippen molar-refractivity contribution in [2.24, 2.45) is 5.10 Å². The van der Waals surface area contributed by atoms with Crippen LogP contribution in [-0.4, -0.2) is 11.6 Å².